The van der Waals surface area contributed by atoms with Crippen molar-refractivity contribution in [1.82, 2.24) is 4.98 Å². The maximum absolute atomic E-state index is 9.66. The summed E-state index contributed by atoms with van der Waals surface area (Å²) in [5.74, 6) is 0.385. The van der Waals surface area contributed by atoms with Crippen LogP contribution in [0.15, 0.2) is 18.3 Å². The van der Waals surface area contributed by atoms with Crippen molar-refractivity contribution >= 4 is 5.69 Å². The molecule has 1 fully saturated rings. The first-order chi connectivity index (χ1) is 8.24. The molecule has 4 heteroatoms. The molecular weight excluding hydrogens is 216 g/mol. The van der Waals surface area contributed by atoms with E-state index in [1.165, 1.54) is 0 Å². The predicted molar refractivity (Wildman–Crippen MR) is 66.9 cm³/mol. The zero-order chi connectivity index (χ0) is 12.3. The Hall–Kier alpha value is -1.13. The molecule has 1 saturated heterocycles. The second kappa shape index (κ2) is 5.47. The fourth-order valence-corrected chi connectivity index (χ4v) is 2.21. The second-order valence-corrected chi connectivity index (χ2v) is 4.65. The van der Waals surface area contributed by atoms with E-state index in [1.54, 1.807) is 0 Å². The van der Waals surface area contributed by atoms with E-state index in [-0.39, 0.29) is 6.61 Å². The maximum Gasteiger partial charge on any atom is 0.0957 e. The van der Waals surface area contributed by atoms with Crippen molar-refractivity contribution in [2.75, 3.05) is 24.6 Å². The largest absolute Gasteiger partial charge is 0.396 e. The summed E-state index contributed by atoms with van der Waals surface area (Å²) in [6, 6.07) is 3.89. The van der Waals surface area contributed by atoms with Crippen LogP contribution in [-0.2, 0) is 0 Å². The van der Waals surface area contributed by atoms with Crippen LogP contribution in [-0.4, -0.2) is 34.9 Å². The van der Waals surface area contributed by atoms with Gasteiger partial charge in [-0.15, -0.1) is 0 Å². The Bertz CT molecular complexity index is 353. The van der Waals surface area contributed by atoms with Gasteiger partial charge in [-0.25, -0.2) is 0 Å². The van der Waals surface area contributed by atoms with E-state index >= 15 is 0 Å². The zero-order valence-corrected chi connectivity index (χ0v) is 10.2. The summed E-state index contributed by atoms with van der Waals surface area (Å²) in [7, 11) is 0. The van der Waals surface area contributed by atoms with Crippen molar-refractivity contribution in [3.8, 4) is 0 Å². The highest BCUT2D eigenvalue weighted by atomic mass is 16.3. The molecule has 94 valence electrons. The van der Waals surface area contributed by atoms with Crippen molar-refractivity contribution in [1.29, 1.82) is 0 Å². The molecule has 4 nitrogen and oxygen atoms in total. The molecule has 0 bridgehead atoms. The van der Waals surface area contributed by atoms with Gasteiger partial charge in [0.15, 0.2) is 0 Å². The Labute approximate surface area is 102 Å². The molecule has 1 aromatic heterocycles. The predicted octanol–water partition coefficient (Wildman–Crippen LogP) is 1.34. The van der Waals surface area contributed by atoms with Crippen LogP contribution in [0, 0.1) is 5.92 Å². The van der Waals surface area contributed by atoms with E-state index in [0.29, 0.717) is 12.3 Å². The van der Waals surface area contributed by atoms with Gasteiger partial charge in [-0.05, 0) is 25.0 Å². The fraction of sp³-hybridized carbons (Fsp3) is 0.615. The van der Waals surface area contributed by atoms with Crippen molar-refractivity contribution in [3.05, 3.63) is 24.0 Å². The normalized spacial score (nSPS) is 21.8. The van der Waals surface area contributed by atoms with Gasteiger partial charge in [0.2, 0.25) is 0 Å². The van der Waals surface area contributed by atoms with Crippen LogP contribution in [0.4, 0.5) is 5.69 Å². The maximum atomic E-state index is 9.66. The Kier molecular flexibility index (Phi) is 3.97. The van der Waals surface area contributed by atoms with Gasteiger partial charge in [0.1, 0.15) is 0 Å². The van der Waals surface area contributed by atoms with Crippen LogP contribution in [0.1, 0.15) is 31.6 Å². The van der Waals surface area contributed by atoms with E-state index in [1.807, 2.05) is 25.3 Å². The molecule has 17 heavy (non-hydrogen) atoms. The highest BCUT2D eigenvalue weighted by Crippen LogP contribution is 2.24. The molecule has 0 aromatic carbocycles. The number of anilines is 1. The Morgan fingerprint density at radius 3 is 2.88 bits per heavy atom. The summed E-state index contributed by atoms with van der Waals surface area (Å²) >= 11 is 0. The molecule has 0 radical (unpaired) electrons. The van der Waals surface area contributed by atoms with E-state index in [0.717, 1.165) is 30.9 Å². The molecule has 2 N–H and O–H groups in total. The third kappa shape index (κ3) is 2.76. The molecule has 0 spiro atoms. The Balaban J connectivity index is 2.03. The van der Waals surface area contributed by atoms with Crippen LogP contribution in [0.25, 0.3) is 0 Å². The van der Waals surface area contributed by atoms with E-state index in [4.69, 9.17) is 5.11 Å². The summed E-state index contributed by atoms with van der Waals surface area (Å²) in [4.78, 5) is 6.52. The summed E-state index contributed by atoms with van der Waals surface area (Å²) in [6.45, 7) is 4.07. The van der Waals surface area contributed by atoms with Gasteiger partial charge in [-0.1, -0.05) is 6.92 Å². The van der Waals surface area contributed by atoms with E-state index in [9.17, 15) is 5.11 Å². The van der Waals surface area contributed by atoms with Crippen LogP contribution in [0.3, 0.4) is 0 Å². The quantitative estimate of drug-likeness (QED) is 0.828. The lowest BCUT2D eigenvalue weighted by Gasteiger charge is -2.18. The highest BCUT2D eigenvalue weighted by Gasteiger charge is 2.22. The Morgan fingerprint density at radius 1 is 1.53 bits per heavy atom. The van der Waals surface area contributed by atoms with Crippen molar-refractivity contribution in [2.24, 2.45) is 5.92 Å². The van der Waals surface area contributed by atoms with Gasteiger partial charge in [0.05, 0.1) is 23.7 Å². The minimum absolute atomic E-state index is 0.260. The summed E-state index contributed by atoms with van der Waals surface area (Å²) in [6.07, 6.45) is 3.07. The number of aromatic nitrogens is 1. The number of nitrogens with zero attached hydrogens (tertiary/aromatic N) is 2. The Morgan fingerprint density at radius 2 is 2.35 bits per heavy atom. The fourth-order valence-electron chi connectivity index (χ4n) is 2.21. The van der Waals surface area contributed by atoms with Crippen molar-refractivity contribution in [2.45, 2.75) is 25.9 Å². The molecular formula is C13H20N2O2. The molecule has 0 saturated carbocycles. The highest BCUT2D eigenvalue weighted by molar-refractivity contribution is 5.45. The number of rotatable bonds is 4. The van der Waals surface area contributed by atoms with Gasteiger partial charge >= 0.3 is 0 Å². The minimum Gasteiger partial charge on any atom is -0.396 e. The number of hydrogen-bond donors (Lipinski definition) is 2. The van der Waals surface area contributed by atoms with E-state index in [2.05, 4.69) is 9.88 Å². The minimum atomic E-state index is -0.465. The topological polar surface area (TPSA) is 56.6 Å². The summed E-state index contributed by atoms with van der Waals surface area (Å²) in [5.41, 5.74) is 1.81. The van der Waals surface area contributed by atoms with Crippen molar-refractivity contribution < 1.29 is 10.2 Å². The van der Waals surface area contributed by atoms with Gasteiger partial charge in [0, 0.05) is 25.6 Å². The summed E-state index contributed by atoms with van der Waals surface area (Å²) < 4.78 is 0. The second-order valence-electron chi connectivity index (χ2n) is 4.65. The molecule has 2 heterocycles. The lowest BCUT2D eigenvalue weighted by Crippen LogP contribution is -2.20. The molecule has 0 amide bonds. The molecule has 1 aromatic rings. The smallest absolute Gasteiger partial charge is 0.0957 e. The van der Waals surface area contributed by atoms with Gasteiger partial charge in [0.25, 0.3) is 0 Å². The van der Waals surface area contributed by atoms with Crippen LogP contribution in [0.5, 0.6) is 0 Å². The zero-order valence-electron chi connectivity index (χ0n) is 10.2. The van der Waals surface area contributed by atoms with Gasteiger partial charge < -0.3 is 15.1 Å². The van der Waals surface area contributed by atoms with Crippen LogP contribution < -0.4 is 4.90 Å². The average Bonchev–Trinajstić information content (AvgIpc) is 2.87. The third-order valence-corrected chi connectivity index (χ3v) is 3.41. The summed E-state index contributed by atoms with van der Waals surface area (Å²) in [5, 5.41) is 18.8. The first-order valence-electron chi connectivity index (χ1n) is 6.24. The van der Waals surface area contributed by atoms with Gasteiger partial charge in [-0.2, -0.15) is 0 Å². The number of aliphatic hydroxyl groups excluding tert-OH is 2. The molecule has 1 unspecified atom stereocenters. The molecule has 2 rings (SSSR count). The standard InChI is InChI=1S/C13H20N2O2/c1-2-13(17)12-4-3-11(7-14-12)15-6-5-10(8-15)9-16/h3-4,7,10,13,16-17H,2,5-6,8-9H2,1H3/t10?,13-/m0/s1. The number of aliphatic hydroxyl groups is 2. The molecule has 1 aliphatic rings. The lowest BCUT2D eigenvalue weighted by atomic mass is 10.1. The van der Waals surface area contributed by atoms with Gasteiger partial charge in [-0.3, -0.25) is 4.98 Å². The van der Waals surface area contributed by atoms with Crippen LogP contribution in [0.2, 0.25) is 0 Å². The third-order valence-electron chi connectivity index (χ3n) is 3.41. The lowest BCUT2D eigenvalue weighted by molar-refractivity contribution is 0.169. The average molecular weight is 236 g/mol. The van der Waals surface area contributed by atoms with Crippen LogP contribution >= 0.6 is 0 Å². The van der Waals surface area contributed by atoms with Crippen molar-refractivity contribution in [3.63, 3.8) is 0 Å². The first kappa shape index (κ1) is 12.3. The molecule has 0 aliphatic carbocycles. The first-order valence-corrected chi connectivity index (χ1v) is 6.24. The number of hydrogen-bond acceptors (Lipinski definition) is 4. The monoisotopic (exact) mass is 236 g/mol. The SMILES string of the molecule is CC[C@H](O)c1ccc(N2CCC(CO)C2)cn1. The molecule has 2 atom stereocenters. The number of pyridine rings is 1. The molecule has 1 aliphatic heterocycles. The van der Waals surface area contributed by atoms with E-state index < -0.39 is 6.10 Å².